The van der Waals surface area contributed by atoms with Crippen LogP contribution in [0.3, 0.4) is 0 Å². The van der Waals surface area contributed by atoms with Crippen molar-refractivity contribution >= 4 is 28.2 Å². The van der Waals surface area contributed by atoms with E-state index < -0.39 is 0 Å². The van der Waals surface area contributed by atoms with Crippen LogP contribution in [0.5, 0.6) is 0 Å². The SMILES string of the molecule is CCOC(=O)c1c(NC(=O)CN(CCOC)CCOC)sc2c1CC[C@H](C)C2. The normalized spacial score (nSPS) is 16.1. The molecule has 1 amide bonds. The molecule has 1 aliphatic rings. The number of hydrogen-bond donors (Lipinski definition) is 1. The fourth-order valence-corrected chi connectivity index (χ4v) is 4.75. The molecule has 0 spiro atoms. The number of carbonyl (C=O) groups is 2. The zero-order valence-electron chi connectivity index (χ0n) is 17.3. The van der Waals surface area contributed by atoms with Crippen molar-refractivity contribution in [2.24, 2.45) is 5.92 Å². The summed E-state index contributed by atoms with van der Waals surface area (Å²) in [7, 11) is 3.27. The highest BCUT2D eigenvalue weighted by molar-refractivity contribution is 7.17. The van der Waals surface area contributed by atoms with Gasteiger partial charge in [0.05, 0.1) is 31.9 Å². The Morgan fingerprint density at radius 1 is 1.21 bits per heavy atom. The van der Waals surface area contributed by atoms with Gasteiger partial charge in [0.15, 0.2) is 0 Å². The van der Waals surface area contributed by atoms with E-state index in [-0.39, 0.29) is 18.4 Å². The molecule has 0 bridgehead atoms. The first-order valence-electron chi connectivity index (χ1n) is 9.81. The fourth-order valence-electron chi connectivity index (χ4n) is 3.34. The summed E-state index contributed by atoms with van der Waals surface area (Å²) >= 11 is 1.51. The first-order valence-corrected chi connectivity index (χ1v) is 10.6. The molecule has 2 rings (SSSR count). The van der Waals surface area contributed by atoms with Crippen molar-refractivity contribution in [2.45, 2.75) is 33.1 Å². The van der Waals surface area contributed by atoms with Crippen molar-refractivity contribution in [3.05, 3.63) is 16.0 Å². The molecular formula is C20H32N2O5S. The molecule has 0 radical (unpaired) electrons. The van der Waals surface area contributed by atoms with Crippen molar-refractivity contribution in [1.29, 1.82) is 0 Å². The zero-order chi connectivity index (χ0) is 20.5. The number of esters is 1. The van der Waals surface area contributed by atoms with E-state index >= 15 is 0 Å². The molecule has 1 heterocycles. The molecule has 0 aromatic carbocycles. The minimum Gasteiger partial charge on any atom is -0.462 e. The second-order valence-electron chi connectivity index (χ2n) is 7.09. The minimum absolute atomic E-state index is 0.149. The van der Waals surface area contributed by atoms with E-state index in [0.717, 1.165) is 24.8 Å². The highest BCUT2D eigenvalue weighted by Crippen LogP contribution is 2.40. The summed E-state index contributed by atoms with van der Waals surface area (Å²) in [6, 6.07) is 0. The average Bonchev–Trinajstić information content (AvgIpc) is 3.00. The van der Waals surface area contributed by atoms with Gasteiger partial charge in [0.2, 0.25) is 5.91 Å². The van der Waals surface area contributed by atoms with Crippen LogP contribution in [0.1, 0.15) is 41.1 Å². The first kappa shape index (κ1) is 22.8. The van der Waals surface area contributed by atoms with Gasteiger partial charge in [-0.1, -0.05) is 6.92 Å². The van der Waals surface area contributed by atoms with Crippen molar-refractivity contribution in [1.82, 2.24) is 4.90 Å². The molecule has 0 saturated carbocycles. The van der Waals surface area contributed by atoms with Crippen molar-refractivity contribution in [3.8, 4) is 0 Å². The van der Waals surface area contributed by atoms with Crippen molar-refractivity contribution in [3.63, 3.8) is 0 Å². The van der Waals surface area contributed by atoms with Crippen LogP contribution in [0, 0.1) is 5.92 Å². The van der Waals surface area contributed by atoms with Crippen LogP contribution >= 0.6 is 11.3 Å². The summed E-state index contributed by atoms with van der Waals surface area (Å²) in [6.07, 6.45) is 2.84. The van der Waals surface area contributed by atoms with E-state index in [1.165, 1.54) is 16.2 Å². The maximum atomic E-state index is 12.7. The Morgan fingerprint density at radius 2 is 1.89 bits per heavy atom. The Balaban J connectivity index is 2.14. The van der Waals surface area contributed by atoms with Gasteiger partial charge in [-0.25, -0.2) is 4.79 Å². The Morgan fingerprint density at radius 3 is 2.50 bits per heavy atom. The van der Waals surface area contributed by atoms with Crippen LogP contribution in [0.2, 0.25) is 0 Å². The van der Waals surface area contributed by atoms with E-state index in [0.29, 0.717) is 49.4 Å². The number of nitrogens with zero attached hydrogens (tertiary/aromatic N) is 1. The Kier molecular flexibility index (Phi) is 9.37. The number of amides is 1. The van der Waals surface area contributed by atoms with Crippen LogP contribution in [0.15, 0.2) is 0 Å². The van der Waals surface area contributed by atoms with Gasteiger partial charge >= 0.3 is 5.97 Å². The third kappa shape index (κ3) is 6.27. The fraction of sp³-hybridized carbons (Fsp3) is 0.700. The van der Waals surface area contributed by atoms with Gasteiger partial charge in [0, 0.05) is 32.2 Å². The number of anilines is 1. The van der Waals surface area contributed by atoms with Crippen LogP contribution < -0.4 is 5.32 Å². The topological polar surface area (TPSA) is 77.1 Å². The standard InChI is InChI=1S/C20H32N2O5S/c1-5-27-20(24)18-15-7-6-14(2)12-16(15)28-19(18)21-17(23)13-22(8-10-25-3)9-11-26-4/h14H,5-13H2,1-4H3,(H,21,23)/t14-/m0/s1. The van der Waals surface area contributed by atoms with Gasteiger partial charge in [0.25, 0.3) is 0 Å². The van der Waals surface area contributed by atoms with E-state index in [4.69, 9.17) is 14.2 Å². The Labute approximate surface area is 171 Å². The van der Waals surface area contributed by atoms with Crippen LogP contribution in [-0.4, -0.2) is 70.5 Å². The predicted octanol–water partition coefficient (Wildman–Crippen LogP) is 2.58. The largest absolute Gasteiger partial charge is 0.462 e. The number of thiophene rings is 1. The molecule has 1 N–H and O–H groups in total. The van der Waals surface area contributed by atoms with E-state index in [1.54, 1.807) is 21.1 Å². The highest BCUT2D eigenvalue weighted by atomic mass is 32.1. The summed E-state index contributed by atoms with van der Waals surface area (Å²) < 4.78 is 15.5. The van der Waals surface area contributed by atoms with Gasteiger partial charge in [-0.3, -0.25) is 9.69 Å². The number of hydrogen-bond acceptors (Lipinski definition) is 7. The van der Waals surface area contributed by atoms with Gasteiger partial charge in [-0.2, -0.15) is 0 Å². The van der Waals surface area contributed by atoms with E-state index in [9.17, 15) is 9.59 Å². The molecule has 0 fully saturated rings. The molecule has 0 aliphatic heterocycles. The van der Waals surface area contributed by atoms with Crippen molar-refractivity contribution in [2.75, 3.05) is 59.0 Å². The molecule has 8 heteroatoms. The lowest BCUT2D eigenvalue weighted by atomic mass is 9.88. The average molecular weight is 413 g/mol. The summed E-state index contributed by atoms with van der Waals surface area (Å²) in [5, 5.41) is 3.57. The maximum absolute atomic E-state index is 12.7. The lowest BCUT2D eigenvalue weighted by Crippen LogP contribution is -2.37. The number of rotatable bonds is 11. The second-order valence-corrected chi connectivity index (χ2v) is 8.19. The molecule has 1 atom stereocenters. The van der Waals surface area contributed by atoms with Crippen LogP contribution in [-0.2, 0) is 31.8 Å². The maximum Gasteiger partial charge on any atom is 0.341 e. The van der Waals surface area contributed by atoms with Gasteiger partial charge in [0.1, 0.15) is 5.00 Å². The molecular weight excluding hydrogens is 380 g/mol. The van der Waals surface area contributed by atoms with Crippen molar-refractivity contribution < 1.29 is 23.8 Å². The third-order valence-corrected chi connectivity index (χ3v) is 6.00. The number of carbonyl (C=O) groups excluding carboxylic acids is 2. The first-order chi connectivity index (χ1) is 13.5. The second kappa shape index (κ2) is 11.5. The minimum atomic E-state index is -0.347. The van der Waals surface area contributed by atoms with Crippen LogP contribution in [0.4, 0.5) is 5.00 Å². The summed E-state index contributed by atoms with van der Waals surface area (Å²) in [4.78, 5) is 28.4. The Bertz CT molecular complexity index is 653. The zero-order valence-corrected chi connectivity index (χ0v) is 18.2. The molecule has 1 aromatic rings. The lowest BCUT2D eigenvalue weighted by Gasteiger charge is -2.21. The van der Waals surface area contributed by atoms with Gasteiger partial charge in [-0.15, -0.1) is 11.3 Å². The molecule has 0 saturated heterocycles. The molecule has 0 unspecified atom stereocenters. The Hall–Kier alpha value is -1.48. The number of ether oxygens (including phenoxy) is 3. The van der Waals surface area contributed by atoms with E-state index in [2.05, 4.69) is 12.2 Å². The van der Waals surface area contributed by atoms with Gasteiger partial charge < -0.3 is 19.5 Å². The number of methoxy groups -OCH3 is 2. The molecule has 7 nitrogen and oxygen atoms in total. The summed E-state index contributed by atoms with van der Waals surface area (Å²) in [5.41, 5.74) is 1.59. The monoisotopic (exact) mass is 412 g/mol. The van der Waals surface area contributed by atoms with E-state index in [1.807, 2.05) is 4.90 Å². The lowest BCUT2D eigenvalue weighted by molar-refractivity contribution is -0.117. The number of fused-ring (bicyclic) bond motifs is 1. The highest BCUT2D eigenvalue weighted by Gasteiger charge is 2.29. The predicted molar refractivity (Wildman–Crippen MR) is 110 cm³/mol. The number of nitrogens with one attached hydrogen (secondary N) is 1. The van der Waals surface area contributed by atoms with Gasteiger partial charge in [-0.05, 0) is 37.7 Å². The molecule has 1 aromatic heterocycles. The third-order valence-electron chi connectivity index (χ3n) is 4.83. The summed E-state index contributed by atoms with van der Waals surface area (Å²) in [6.45, 7) is 6.89. The molecule has 28 heavy (non-hydrogen) atoms. The molecule has 158 valence electrons. The van der Waals surface area contributed by atoms with Crippen LogP contribution in [0.25, 0.3) is 0 Å². The molecule has 1 aliphatic carbocycles. The smallest absolute Gasteiger partial charge is 0.341 e. The quantitative estimate of drug-likeness (QED) is 0.563. The summed E-state index contributed by atoms with van der Waals surface area (Å²) in [5.74, 6) is 0.0909.